The fourth-order valence-electron chi connectivity index (χ4n) is 2.04. The molecule has 4 heteroatoms. The van der Waals surface area contributed by atoms with Crippen LogP contribution in [0.3, 0.4) is 0 Å². The molecule has 1 aromatic heterocycles. The Morgan fingerprint density at radius 2 is 2.29 bits per heavy atom. The van der Waals surface area contributed by atoms with Gasteiger partial charge >= 0.3 is 0 Å². The van der Waals surface area contributed by atoms with E-state index in [0.29, 0.717) is 19.1 Å². The standard InChI is InChI=1S/C10H13NO2S/c1-2-11-5-7(1)10-9-8(6-14-10)12-3-4-13-9/h6-7,11H,1-5H2. The van der Waals surface area contributed by atoms with Gasteiger partial charge in [0, 0.05) is 17.8 Å². The molecule has 2 aliphatic heterocycles. The molecule has 1 atom stereocenters. The van der Waals surface area contributed by atoms with Crippen molar-refractivity contribution < 1.29 is 9.47 Å². The molecule has 0 amide bonds. The zero-order valence-electron chi connectivity index (χ0n) is 7.91. The maximum atomic E-state index is 5.66. The summed E-state index contributed by atoms with van der Waals surface area (Å²) in [6.07, 6.45) is 1.22. The van der Waals surface area contributed by atoms with Crippen molar-refractivity contribution in [2.45, 2.75) is 12.3 Å². The molecule has 0 aliphatic carbocycles. The van der Waals surface area contributed by atoms with Gasteiger partial charge in [-0.3, -0.25) is 0 Å². The molecule has 3 rings (SSSR count). The van der Waals surface area contributed by atoms with E-state index < -0.39 is 0 Å². The number of rotatable bonds is 1. The van der Waals surface area contributed by atoms with Crippen molar-refractivity contribution in [3.63, 3.8) is 0 Å². The summed E-state index contributed by atoms with van der Waals surface area (Å²) in [5.41, 5.74) is 0. The summed E-state index contributed by atoms with van der Waals surface area (Å²) in [5.74, 6) is 2.59. The molecule has 0 saturated carbocycles. The Morgan fingerprint density at radius 3 is 3.14 bits per heavy atom. The van der Waals surface area contributed by atoms with E-state index in [2.05, 4.69) is 10.7 Å². The highest BCUT2D eigenvalue weighted by atomic mass is 32.1. The first-order chi connectivity index (χ1) is 6.95. The fraction of sp³-hybridized carbons (Fsp3) is 0.600. The minimum absolute atomic E-state index is 0.630. The number of ether oxygens (including phenoxy) is 2. The fourth-order valence-corrected chi connectivity index (χ4v) is 3.11. The van der Waals surface area contributed by atoms with Crippen LogP contribution < -0.4 is 14.8 Å². The quantitative estimate of drug-likeness (QED) is 0.765. The number of hydrogen-bond donors (Lipinski definition) is 1. The third kappa shape index (κ3) is 1.29. The summed E-state index contributed by atoms with van der Waals surface area (Å²) in [6.45, 7) is 3.58. The van der Waals surface area contributed by atoms with E-state index in [9.17, 15) is 0 Å². The highest BCUT2D eigenvalue weighted by Crippen LogP contribution is 2.44. The second-order valence-corrected chi connectivity index (χ2v) is 4.59. The van der Waals surface area contributed by atoms with Crippen molar-refractivity contribution in [3.05, 3.63) is 10.3 Å². The first-order valence-electron chi connectivity index (χ1n) is 5.03. The van der Waals surface area contributed by atoms with E-state index in [-0.39, 0.29) is 0 Å². The van der Waals surface area contributed by atoms with Gasteiger partial charge in [0.05, 0.1) is 4.88 Å². The SMILES string of the molecule is c1sc(C2CCNC2)c2c1OCCO2. The van der Waals surface area contributed by atoms with E-state index in [1.165, 1.54) is 11.3 Å². The smallest absolute Gasteiger partial charge is 0.175 e. The van der Waals surface area contributed by atoms with Crippen molar-refractivity contribution in [2.75, 3.05) is 26.3 Å². The first kappa shape index (κ1) is 8.56. The minimum Gasteiger partial charge on any atom is -0.485 e. The molecule has 2 aliphatic rings. The Balaban J connectivity index is 1.93. The molecule has 0 bridgehead atoms. The molecule has 1 saturated heterocycles. The van der Waals surface area contributed by atoms with Gasteiger partial charge in [-0.2, -0.15) is 0 Å². The van der Waals surface area contributed by atoms with Gasteiger partial charge in [-0.1, -0.05) is 0 Å². The van der Waals surface area contributed by atoms with E-state index in [4.69, 9.17) is 9.47 Å². The Bertz CT molecular complexity index is 331. The van der Waals surface area contributed by atoms with Crippen molar-refractivity contribution in [1.29, 1.82) is 0 Å². The molecule has 0 radical (unpaired) electrons. The molecule has 1 aromatic rings. The number of nitrogens with one attached hydrogen (secondary N) is 1. The largest absolute Gasteiger partial charge is 0.485 e. The molecule has 76 valence electrons. The molecule has 14 heavy (non-hydrogen) atoms. The predicted octanol–water partition coefficient (Wildman–Crippen LogP) is 1.60. The van der Waals surface area contributed by atoms with Crippen LogP contribution in [0.15, 0.2) is 5.38 Å². The lowest BCUT2D eigenvalue weighted by Gasteiger charge is -2.17. The Hall–Kier alpha value is -0.740. The van der Waals surface area contributed by atoms with Crippen molar-refractivity contribution in [2.24, 2.45) is 0 Å². The third-order valence-corrected chi connectivity index (χ3v) is 3.86. The second kappa shape index (κ2) is 3.44. The Morgan fingerprint density at radius 1 is 1.36 bits per heavy atom. The lowest BCUT2D eigenvalue weighted by atomic mass is 10.1. The van der Waals surface area contributed by atoms with Crippen molar-refractivity contribution >= 4 is 11.3 Å². The highest BCUT2D eigenvalue weighted by Gasteiger charge is 2.26. The monoisotopic (exact) mass is 211 g/mol. The molecule has 1 fully saturated rings. The van der Waals surface area contributed by atoms with Gasteiger partial charge in [0.25, 0.3) is 0 Å². The van der Waals surface area contributed by atoms with Crippen LogP contribution >= 0.6 is 11.3 Å². The Kier molecular flexibility index (Phi) is 2.10. The number of thiophene rings is 1. The van der Waals surface area contributed by atoms with Gasteiger partial charge in [-0.15, -0.1) is 11.3 Å². The van der Waals surface area contributed by atoms with Crippen LogP contribution in [0.2, 0.25) is 0 Å². The predicted molar refractivity (Wildman–Crippen MR) is 55.5 cm³/mol. The summed E-state index contributed by atoms with van der Waals surface area (Å²) in [7, 11) is 0. The van der Waals surface area contributed by atoms with Crippen LogP contribution in [0.4, 0.5) is 0 Å². The normalized spacial score (nSPS) is 25.3. The van der Waals surface area contributed by atoms with Crippen LogP contribution in [0.5, 0.6) is 11.5 Å². The van der Waals surface area contributed by atoms with Gasteiger partial charge in [0.1, 0.15) is 13.2 Å². The van der Waals surface area contributed by atoms with E-state index in [0.717, 1.165) is 24.6 Å². The first-order valence-corrected chi connectivity index (χ1v) is 5.91. The molecule has 0 spiro atoms. The maximum Gasteiger partial charge on any atom is 0.175 e. The highest BCUT2D eigenvalue weighted by molar-refractivity contribution is 7.10. The van der Waals surface area contributed by atoms with Gasteiger partial charge < -0.3 is 14.8 Å². The summed E-state index contributed by atoms with van der Waals surface area (Å²) in [4.78, 5) is 1.37. The van der Waals surface area contributed by atoms with E-state index >= 15 is 0 Å². The van der Waals surface area contributed by atoms with Crippen LogP contribution in [0.25, 0.3) is 0 Å². The zero-order valence-corrected chi connectivity index (χ0v) is 8.73. The topological polar surface area (TPSA) is 30.5 Å². The summed E-state index contributed by atoms with van der Waals surface area (Å²) in [5, 5.41) is 5.45. The van der Waals surface area contributed by atoms with Crippen LogP contribution in [0, 0.1) is 0 Å². The molecule has 1 N–H and O–H groups in total. The van der Waals surface area contributed by atoms with Gasteiger partial charge in [-0.25, -0.2) is 0 Å². The molecular formula is C10H13NO2S. The molecule has 3 nitrogen and oxygen atoms in total. The average Bonchev–Trinajstić information content (AvgIpc) is 2.85. The maximum absolute atomic E-state index is 5.66. The zero-order chi connectivity index (χ0) is 9.38. The second-order valence-electron chi connectivity index (χ2n) is 3.68. The molecule has 0 aromatic carbocycles. The molecule has 1 unspecified atom stereocenters. The van der Waals surface area contributed by atoms with Crippen LogP contribution in [-0.4, -0.2) is 26.3 Å². The van der Waals surface area contributed by atoms with E-state index in [1.807, 2.05) is 0 Å². The average molecular weight is 211 g/mol. The third-order valence-electron chi connectivity index (χ3n) is 2.76. The number of fused-ring (bicyclic) bond motifs is 1. The van der Waals surface area contributed by atoms with Crippen molar-refractivity contribution in [1.82, 2.24) is 5.32 Å². The van der Waals surface area contributed by atoms with Crippen molar-refractivity contribution in [3.8, 4) is 11.5 Å². The molecular weight excluding hydrogens is 198 g/mol. The number of hydrogen-bond acceptors (Lipinski definition) is 4. The summed E-state index contributed by atoms with van der Waals surface area (Å²) >= 11 is 1.77. The lowest BCUT2D eigenvalue weighted by Crippen LogP contribution is -2.15. The van der Waals surface area contributed by atoms with Crippen LogP contribution in [0.1, 0.15) is 17.2 Å². The van der Waals surface area contributed by atoms with Crippen LogP contribution in [-0.2, 0) is 0 Å². The van der Waals surface area contributed by atoms with Gasteiger partial charge in [-0.05, 0) is 13.0 Å². The van der Waals surface area contributed by atoms with Gasteiger partial charge in [0.15, 0.2) is 11.5 Å². The summed E-state index contributed by atoms with van der Waals surface area (Å²) in [6, 6.07) is 0. The molecule has 3 heterocycles. The van der Waals surface area contributed by atoms with Gasteiger partial charge in [0.2, 0.25) is 0 Å². The lowest BCUT2D eigenvalue weighted by molar-refractivity contribution is 0.171. The Labute approximate surface area is 87.0 Å². The minimum atomic E-state index is 0.630. The summed E-state index contributed by atoms with van der Waals surface area (Å²) < 4.78 is 11.2. The van der Waals surface area contributed by atoms with E-state index in [1.54, 1.807) is 11.3 Å².